The number of hydrogen-bond acceptors (Lipinski definition) is 3. The molecule has 0 saturated heterocycles. The van der Waals surface area contributed by atoms with Gasteiger partial charge in [-0.25, -0.2) is 4.98 Å². The van der Waals surface area contributed by atoms with E-state index in [1.165, 1.54) is 0 Å². The van der Waals surface area contributed by atoms with Gasteiger partial charge >= 0.3 is 0 Å². The van der Waals surface area contributed by atoms with Gasteiger partial charge in [-0.3, -0.25) is 4.79 Å². The van der Waals surface area contributed by atoms with Gasteiger partial charge in [0.15, 0.2) is 0 Å². The SMILES string of the molecule is COc1cccc([C@@H](C)NC(=O)c2ccn3c(C)cc(C)nc23)c1. The first-order valence-corrected chi connectivity index (χ1v) is 7.89. The average molecular weight is 323 g/mol. The summed E-state index contributed by atoms with van der Waals surface area (Å²) in [4.78, 5) is 17.2. The lowest BCUT2D eigenvalue weighted by molar-refractivity contribution is 0.0941. The topological polar surface area (TPSA) is 55.6 Å². The highest BCUT2D eigenvalue weighted by atomic mass is 16.5. The second kappa shape index (κ2) is 6.35. The van der Waals surface area contributed by atoms with E-state index >= 15 is 0 Å². The van der Waals surface area contributed by atoms with Crippen LogP contribution < -0.4 is 10.1 Å². The van der Waals surface area contributed by atoms with E-state index in [4.69, 9.17) is 4.74 Å². The Morgan fingerprint density at radius 3 is 2.79 bits per heavy atom. The molecule has 3 rings (SSSR count). The van der Waals surface area contributed by atoms with Crippen LogP contribution >= 0.6 is 0 Å². The molecule has 0 fully saturated rings. The van der Waals surface area contributed by atoms with Gasteiger partial charge in [0.1, 0.15) is 11.4 Å². The highest BCUT2D eigenvalue weighted by Gasteiger charge is 2.17. The zero-order valence-corrected chi connectivity index (χ0v) is 14.3. The minimum absolute atomic E-state index is 0.131. The molecule has 2 heterocycles. The minimum Gasteiger partial charge on any atom is -0.497 e. The number of methoxy groups -OCH3 is 1. The molecule has 3 aromatic rings. The molecule has 0 saturated carbocycles. The summed E-state index contributed by atoms with van der Waals surface area (Å²) in [6, 6.07) is 11.4. The van der Waals surface area contributed by atoms with Gasteiger partial charge in [-0.2, -0.15) is 0 Å². The van der Waals surface area contributed by atoms with E-state index in [9.17, 15) is 4.79 Å². The predicted molar refractivity (Wildman–Crippen MR) is 93.5 cm³/mol. The van der Waals surface area contributed by atoms with E-state index < -0.39 is 0 Å². The molecule has 5 heteroatoms. The van der Waals surface area contributed by atoms with Crippen LogP contribution in [0.15, 0.2) is 42.6 Å². The average Bonchev–Trinajstić information content (AvgIpc) is 2.99. The van der Waals surface area contributed by atoms with Crippen LogP contribution in [-0.2, 0) is 0 Å². The number of ether oxygens (including phenoxy) is 1. The van der Waals surface area contributed by atoms with Crippen molar-refractivity contribution in [3.63, 3.8) is 0 Å². The van der Waals surface area contributed by atoms with Crippen molar-refractivity contribution >= 4 is 11.6 Å². The number of aromatic nitrogens is 2. The highest BCUT2D eigenvalue weighted by Crippen LogP contribution is 2.20. The van der Waals surface area contributed by atoms with Crippen molar-refractivity contribution in [2.75, 3.05) is 7.11 Å². The third kappa shape index (κ3) is 2.97. The third-order valence-corrected chi connectivity index (χ3v) is 4.13. The van der Waals surface area contributed by atoms with E-state index in [0.29, 0.717) is 11.2 Å². The molecule has 0 aliphatic rings. The fourth-order valence-electron chi connectivity index (χ4n) is 2.84. The van der Waals surface area contributed by atoms with Crippen molar-refractivity contribution in [2.45, 2.75) is 26.8 Å². The summed E-state index contributed by atoms with van der Waals surface area (Å²) in [5.74, 6) is 0.640. The Morgan fingerprint density at radius 1 is 1.25 bits per heavy atom. The monoisotopic (exact) mass is 323 g/mol. The van der Waals surface area contributed by atoms with Crippen LogP contribution in [0.2, 0.25) is 0 Å². The van der Waals surface area contributed by atoms with Gasteiger partial charge < -0.3 is 14.5 Å². The van der Waals surface area contributed by atoms with Crippen molar-refractivity contribution < 1.29 is 9.53 Å². The lowest BCUT2D eigenvalue weighted by atomic mass is 10.1. The molecule has 5 nitrogen and oxygen atoms in total. The molecule has 2 aromatic heterocycles. The maximum atomic E-state index is 12.7. The zero-order chi connectivity index (χ0) is 17.3. The minimum atomic E-state index is -0.134. The summed E-state index contributed by atoms with van der Waals surface area (Å²) in [5.41, 5.74) is 4.21. The molecule has 0 aliphatic carbocycles. The molecule has 1 amide bonds. The zero-order valence-electron chi connectivity index (χ0n) is 14.3. The summed E-state index contributed by atoms with van der Waals surface area (Å²) in [6.07, 6.45) is 1.88. The largest absolute Gasteiger partial charge is 0.497 e. The molecule has 1 atom stereocenters. The first kappa shape index (κ1) is 16.1. The van der Waals surface area contributed by atoms with Crippen LogP contribution in [0.25, 0.3) is 5.65 Å². The van der Waals surface area contributed by atoms with Crippen LogP contribution in [0.5, 0.6) is 5.75 Å². The van der Waals surface area contributed by atoms with Crippen molar-refractivity contribution in [1.82, 2.24) is 14.7 Å². The van der Waals surface area contributed by atoms with Crippen molar-refractivity contribution in [2.24, 2.45) is 0 Å². The summed E-state index contributed by atoms with van der Waals surface area (Å²) in [5, 5.41) is 3.03. The lowest BCUT2D eigenvalue weighted by Gasteiger charge is -2.15. The number of nitrogens with one attached hydrogen (secondary N) is 1. The number of amides is 1. The molecule has 1 N–H and O–H groups in total. The van der Waals surface area contributed by atoms with Gasteiger partial charge in [0, 0.05) is 17.6 Å². The Hall–Kier alpha value is -2.82. The number of fused-ring (bicyclic) bond motifs is 1. The maximum Gasteiger partial charge on any atom is 0.255 e. The Morgan fingerprint density at radius 2 is 2.04 bits per heavy atom. The van der Waals surface area contributed by atoms with Gasteiger partial charge in [0.25, 0.3) is 5.91 Å². The van der Waals surface area contributed by atoms with Gasteiger partial charge in [0.05, 0.1) is 18.7 Å². The Bertz CT molecular complexity index is 899. The quantitative estimate of drug-likeness (QED) is 0.800. The number of carbonyl (C=O) groups excluding carboxylic acids is 1. The molecule has 0 unspecified atom stereocenters. The van der Waals surface area contributed by atoms with Gasteiger partial charge in [-0.1, -0.05) is 12.1 Å². The smallest absolute Gasteiger partial charge is 0.255 e. The second-order valence-corrected chi connectivity index (χ2v) is 5.93. The molecule has 0 spiro atoms. The number of hydrogen-bond donors (Lipinski definition) is 1. The van der Waals surface area contributed by atoms with Crippen molar-refractivity contribution in [3.8, 4) is 5.75 Å². The van der Waals surface area contributed by atoms with Crippen LogP contribution in [0.1, 0.15) is 40.3 Å². The molecular weight excluding hydrogens is 302 g/mol. The van der Waals surface area contributed by atoms with Crippen molar-refractivity contribution in [3.05, 3.63) is 65.1 Å². The number of nitrogens with zero attached hydrogens (tertiary/aromatic N) is 2. The Balaban J connectivity index is 1.87. The molecule has 24 heavy (non-hydrogen) atoms. The van der Waals surface area contributed by atoms with Crippen LogP contribution in [0.3, 0.4) is 0 Å². The van der Waals surface area contributed by atoms with E-state index in [0.717, 1.165) is 22.7 Å². The molecule has 1 aromatic carbocycles. The molecule has 0 radical (unpaired) electrons. The summed E-state index contributed by atoms with van der Waals surface area (Å²) >= 11 is 0. The standard InChI is InChI=1S/C19H21N3O2/c1-12-10-13(2)22-9-8-17(18(22)20-12)19(23)21-14(3)15-6-5-7-16(11-15)24-4/h5-11,14H,1-4H3,(H,21,23)/t14-/m1/s1. The number of aryl methyl sites for hydroxylation is 2. The van der Waals surface area contributed by atoms with E-state index in [1.54, 1.807) is 7.11 Å². The molecule has 124 valence electrons. The number of benzene rings is 1. The van der Waals surface area contributed by atoms with E-state index in [-0.39, 0.29) is 11.9 Å². The molecule has 0 bridgehead atoms. The fraction of sp³-hybridized carbons (Fsp3) is 0.263. The van der Waals surface area contributed by atoms with Gasteiger partial charge in [-0.05, 0) is 50.6 Å². The maximum absolute atomic E-state index is 12.7. The molecule has 0 aliphatic heterocycles. The normalized spacial score (nSPS) is 12.2. The predicted octanol–water partition coefficient (Wildman–Crippen LogP) is 3.45. The molecular formula is C19H21N3O2. The summed E-state index contributed by atoms with van der Waals surface area (Å²) < 4.78 is 7.17. The highest BCUT2D eigenvalue weighted by molar-refractivity contribution is 6.00. The van der Waals surface area contributed by atoms with Crippen LogP contribution in [-0.4, -0.2) is 22.4 Å². The van der Waals surface area contributed by atoms with Crippen LogP contribution in [0, 0.1) is 13.8 Å². The summed E-state index contributed by atoms with van der Waals surface area (Å²) in [6.45, 7) is 5.89. The first-order valence-electron chi connectivity index (χ1n) is 7.89. The van der Waals surface area contributed by atoms with Gasteiger partial charge in [-0.15, -0.1) is 0 Å². The second-order valence-electron chi connectivity index (χ2n) is 5.93. The van der Waals surface area contributed by atoms with E-state index in [2.05, 4.69) is 10.3 Å². The number of rotatable bonds is 4. The first-order chi connectivity index (χ1) is 11.5. The number of carbonyl (C=O) groups is 1. The Labute approximate surface area is 141 Å². The lowest BCUT2D eigenvalue weighted by Crippen LogP contribution is -2.26. The third-order valence-electron chi connectivity index (χ3n) is 4.13. The van der Waals surface area contributed by atoms with Crippen LogP contribution in [0.4, 0.5) is 0 Å². The fourth-order valence-corrected chi connectivity index (χ4v) is 2.84. The van der Waals surface area contributed by atoms with E-state index in [1.807, 2.05) is 67.8 Å². The van der Waals surface area contributed by atoms with Crippen molar-refractivity contribution in [1.29, 1.82) is 0 Å². The van der Waals surface area contributed by atoms with Gasteiger partial charge in [0.2, 0.25) is 0 Å². The summed E-state index contributed by atoms with van der Waals surface area (Å²) in [7, 11) is 1.63. The Kier molecular flexibility index (Phi) is 4.25.